The smallest absolute Gasteiger partial charge is 0.263 e. The molecule has 1 aliphatic carbocycles. The van der Waals surface area contributed by atoms with E-state index in [1.807, 2.05) is 17.9 Å². The van der Waals surface area contributed by atoms with Gasteiger partial charge in [0.05, 0.1) is 19.3 Å². The number of carbonyl (C=O) groups excluding carboxylic acids is 2. The molecule has 0 bridgehead atoms. The zero-order valence-corrected chi connectivity index (χ0v) is 21.6. The summed E-state index contributed by atoms with van der Waals surface area (Å²) in [5, 5.41) is 0. The minimum atomic E-state index is -0.529. The number of rotatable bonds is 6. The van der Waals surface area contributed by atoms with Crippen LogP contribution in [0.1, 0.15) is 67.3 Å². The van der Waals surface area contributed by atoms with Crippen LogP contribution >= 0.6 is 0 Å². The van der Waals surface area contributed by atoms with Gasteiger partial charge in [-0.1, -0.05) is 55.7 Å². The van der Waals surface area contributed by atoms with E-state index in [1.54, 1.807) is 0 Å². The number of carbonyl (C=O) groups is 2. The monoisotopic (exact) mass is 490 g/mol. The average Bonchev–Trinajstić information content (AvgIpc) is 3.46. The summed E-state index contributed by atoms with van der Waals surface area (Å²) in [5.74, 6) is 1.12. The molecule has 2 heterocycles. The van der Waals surface area contributed by atoms with Crippen molar-refractivity contribution >= 4 is 11.8 Å². The molecule has 2 amide bonds. The Hall–Kier alpha value is -2.86. The van der Waals surface area contributed by atoms with E-state index in [0.717, 1.165) is 49.8 Å². The van der Waals surface area contributed by atoms with Gasteiger partial charge in [0.2, 0.25) is 5.91 Å². The highest BCUT2D eigenvalue weighted by molar-refractivity contribution is 5.82. The second-order valence-corrected chi connectivity index (χ2v) is 10.4. The third-order valence-corrected chi connectivity index (χ3v) is 7.97. The molecule has 2 fully saturated rings. The lowest BCUT2D eigenvalue weighted by Crippen LogP contribution is -2.47. The number of aryl methyl sites for hydroxylation is 1. The van der Waals surface area contributed by atoms with Crippen molar-refractivity contribution < 1.29 is 19.1 Å². The van der Waals surface area contributed by atoms with Crippen LogP contribution in [-0.4, -0.2) is 60.6 Å². The Bertz CT molecular complexity index is 1070. The maximum atomic E-state index is 13.7. The predicted molar refractivity (Wildman–Crippen MR) is 139 cm³/mol. The van der Waals surface area contributed by atoms with Crippen LogP contribution in [0.15, 0.2) is 42.5 Å². The summed E-state index contributed by atoms with van der Waals surface area (Å²) in [4.78, 5) is 30.7. The quantitative estimate of drug-likeness (QED) is 0.590. The van der Waals surface area contributed by atoms with Crippen LogP contribution in [0.4, 0.5) is 0 Å². The summed E-state index contributed by atoms with van der Waals surface area (Å²) in [6, 6.07) is 14.6. The molecule has 2 atom stereocenters. The molecule has 2 aromatic carbocycles. The molecule has 6 nitrogen and oxygen atoms in total. The highest BCUT2D eigenvalue weighted by Crippen LogP contribution is 2.40. The van der Waals surface area contributed by atoms with E-state index >= 15 is 0 Å². The van der Waals surface area contributed by atoms with Crippen molar-refractivity contribution in [1.29, 1.82) is 0 Å². The third-order valence-electron chi connectivity index (χ3n) is 7.97. The number of hydrogen-bond donors (Lipinski definition) is 0. The van der Waals surface area contributed by atoms with Gasteiger partial charge < -0.3 is 19.3 Å². The molecule has 0 radical (unpaired) electrons. The lowest BCUT2D eigenvalue weighted by Gasteiger charge is -2.39. The molecule has 6 heteroatoms. The highest BCUT2D eigenvalue weighted by Gasteiger charge is 2.36. The first-order valence-electron chi connectivity index (χ1n) is 13.6. The number of ether oxygens (including phenoxy) is 2. The molecule has 3 aliphatic rings. The maximum absolute atomic E-state index is 13.7. The van der Waals surface area contributed by atoms with Crippen molar-refractivity contribution in [3.63, 3.8) is 0 Å². The van der Waals surface area contributed by atoms with Crippen molar-refractivity contribution in [2.24, 2.45) is 5.92 Å². The molecule has 0 spiro atoms. The number of hydrogen-bond acceptors (Lipinski definition) is 4. The van der Waals surface area contributed by atoms with Crippen LogP contribution in [0.25, 0.3) is 0 Å². The van der Waals surface area contributed by atoms with E-state index in [0.29, 0.717) is 38.5 Å². The van der Waals surface area contributed by atoms with E-state index in [9.17, 15) is 9.59 Å². The van der Waals surface area contributed by atoms with Crippen LogP contribution in [0.5, 0.6) is 5.75 Å². The van der Waals surface area contributed by atoms with Gasteiger partial charge in [0.15, 0.2) is 6.10 Å². The fourth-order valence-corrected chi connectivity index (χ4v) is 5.88. The second kappa shape index (κ2) is 11.0. The normalized spacial score (nSPS) is 21.2. The van der Waals surface area contributed by atoms with Gasteiger partial charge in [-0.3, -0.25) is 9.59 Å². The molecule has 2 aliphatic heterocycles. The summed E-state index contributed by atoms with van der Waals surface area (Å²) in [6.45, 7) is 7.16. The van der Waals surface area contributed by atoms with Gasteiger partial charge in [0.1, 0.15) is 5.75 Å². The van der Waals surface area contributed by atoms with Gasteiger partial charge in [-0.05, 0) is 61.4 Å². The Kier molecular flexibility index (Phi) is 7.61. The number of morpholine rings is 1. The minimum absolute atomic E-state index is 0.0200. The Morgan fingerprint density at radius 2 is 1.75 bits per heavy atom. The Morgan fingerprint density at radius 3 is 2.44 bits per heavy atom. The summed E-state index contributed by atoms with van der Waals surface area (Å²) in [6.07, 6.45) is 5.18. The first-order chi connectivity index (χ1) is 17.5. The highest BCUT2D eigenvalue weighted by atomic mass is 16.5. The molecular weight excluding hydrogens is 452 g/mol. The molecule has 36 heavy (non-hydrogen) atoms. The molecule has 0 unspecified atom stereocenters. The Labute approximate surface area is 214 Å². The molecule has 5 rings (SSSR count). The lowest BCUT2D eigenvalue weighted by atomic mass is 9.86. The van der Waals surface area contributed by atoms with E-state index in [4.69, 9.17) is 9.47 Å². The summed E-state index contributed by atoms with van der Waals surface area (Å²) in [5.41, 5.74) is 4.69. The fourth-order valence-electron chi connectivity index (χ4n) is 5.88. The zero-order valence-electron chi connectivity index (χ0n) is 21.6. The molecule has 192 valence electrons. The van der Waals surface area contributed by atoms with Crippen molar-refractivity contribution in [3.05, 3.63) is 64.7 Å². The van der Waals surface area contributed by atoms with Gasteiger partial charge >= 0.3 is 0 Å². The molecule has 2 aromatic rings. The van der Waals surface area contributed by atoms with E-state index in [-0.39, 0.29) is 23.8 Å². The van der Waals surface area contributed by atoms with Crippen LogP contribution in [0, 0.1) is 12.8 Å². The average molecular weight is 491 g/mol. The SMILES string of the molecule is CC[C@H](Oc1ccc2c(c1)[C@H](c1ccc(C)cc1)N(C(=O)C1CCCC1)CC2)C(=O)N1CCOCC1. The van der Waals surface area contributed by atoms with Gasteiger partial charge in [-0.15, -0.1) is 0 Å². The predicted octanol–water partition coefficient (Wildman–Crippen LogP) is 4.68. The standard InChI is InChI=1S/C30H38N2O4/c1-3-27(30(34)31-16-18-35-19-17-31)36-25-13-12-22-14-15-32(29(33)24-6-4-5-7-24)28(26(22)20-25)23-10-8-21(2)9-11-23/h8-13,20,24,27-28H,3-7,14-19H2,1-2H3/t27-,28-/m0/s1. The molecular formula is C30H38N2O4. The summed E-state index contributed by atoms with van der Waals surface area (Å²) in [7, 11) is 0. The molecule has 0 N–H and O–H groups in total. The van der Waals surface area contributed by atoms with Gasteiger partial charge in [-0.25, -0.2) is 0 Å². The van der Waals surface area contributed by atoms with Crippen LogP contribution in [0.2, 0.25) is 0 Å². The Morgan fingerprint density at radius 1 is 1.03 bits per heavy atom. The van der Waals surface area contributed by atoms with Crippen molar-refractivity contribution in [3.8, 4) is 5.75 Å². The van der Waals surface area contributed by atoms with Crippen molar-refractivity contribution in [2.45, 2.75) is 64.5 Å². The second-order valence-electron chi connectivity index (χ2n) is 10.4. The number of fused-ring (bicyclic) bond motifs is 1. The van der Waals surface area contributed by atoms with Crippen LogP contribution in [0.3, 0.4) is 0 Å². The third kappa shape index (κ3) is 5.15. The van der Waals surface area contributed by atoms with Crippen molar-refractivity contribution in [1.82, 2.24) is 9.80 Å². The largest absolute Gasteiger partial charge is 0.481 e. The number of amides is 2. The zero-order chi connectivity index (χ0) is 25.1. The first kappa shape index (κ1) is 24.8. The first-order valence-corrected chi connectivity index (χ1v) is 13.6. The lowest BCUT2D eigenvalue weighted by molar-refractivity contribution is -0.143. The number of benzene rings is 2. The topological polar surface area (TPSA) is 59.1 Å². The van der Waals surface area contributed by atoms with Crippen LogP contribution < -0.4 is 4.74 Å². The summed E-state index contributed by atoms with van der Waals surface area (Å²) >= 11 is 0. The van der Waals surface area contributed by atoms with Crippen molar-refractivity contribution in [2.75, 3.05) is 32.8 Å². The maximum Gasteiger partial charge on any atom is 0.263 e. The van der Waals surface area contributed by atoms with Gasteiger partial charge in [0.25, 0.3) is 5.91 Å². The van der Waals surface area contributed by atoms with E-state index in [1.165, 1.54) is 11.1 Å². The van der Waals surface area contributed by atoms with E-state index in [2.05, 4.69) is 48.2 Å². The summed E-state index contributed by atoms with van der Waals surface area (Å²) < 4.78 is 11.7. The van der Waals surface area contributed by atoms with Gasteiger partial charge in [-0.2, -0.15) is 0 Å². The molecule has 0 aromatic heterocycles. The van der Waals surface area contributed by atoms with Gasteiger partial charge in [0, 0.05) is 25.6 Å². The molecule has 1 saturated heterocycles. The van der Waals surface area contributed by atoms with Crippen LogP contribution in [-0.2, 0) is 20.7 Å². The van der Waals surface area contributed by atoms with E-state index < -0.39 is 6.10 Å². The number of nitrogens with zero attached hydrogens (tertiary/aromatic N) is 2. The molecule has 1 saturated carbocycles. The Balaban J connectivity index is 1.45. The fraction of sp³-hybridized carbons (Fsp3) is 0.533. The minimum Gasteiger partial charge on any atom is -0.481 e.